The summed E-state index contributed by atoms with van der Waals surface area (Å²) in [5.74, 6) is -0.894. The summed E-state index contributed by atoms with van der Waals surface area (Å²) in [5.41, 5.74) is -0.449. The highest BCUT2D eigenvalue weighted by Crippen LogP contribution is 2.41. The molecule has 18 rings (SSSR count). The number of hydrogen-bond donors (Lipinski definition) is 6. The molecule has 0 radical (unpaired) electrons. The molecule has 6 aliphatic rings. The number of aliphatic hydroxyl groups is 2. The fourth-order valence-electron chi connectivity index (χ4n) is 16.9. The molecule has 12 aromatic rings. The van der Waals surface area contributed by atoms with E-state index in [0.29, 0.717) is 189 Å². The lowest BCUT2D eigenvalue weighted by Gasteiger charge is -2.31. The molecule has 6 fully saturated rings. The minimum absolute atomic E-state index is 0. The van der Waals surface area contributed by atoms with Crippen LogP contribution in [0.4, 0.5) is 13.2 Å². The van der Waals surface area contributed by atoms with E-state index in [2.05, 4.69) is 51.5 Å². The molecule has 0 bridgehead atoms. The van der Waals surface area contributed by atoms with Crippen molar-refractivity contribution in [1.29, 1.82) is 0 Å². The van der Waals surface area contributed by atoms with Crippen LogP contribution in [0.1, 0.15) is 174 Å². The third kappa shape index (κ3) is 19.0. The number of halogens is 3. The lowest BCUT2D eigenvalue weighted by atomic mass is 9.94. The molecule has 0 spiro atoms. The summed E-state index contributed by atoms with van der Waals surface area (Å²) in [7, 11) is 4.42. The number of nitrogens with zero attached hydrogens (tertiary/aromatic N) is 14. The van der Waals surface area contributed by atoms with E-state index in [0.717, 1.165) is 13.7 Å². The first-order valence-electron chi connectivity index (χ1n) is 41.3. The van der Waals surface area contributed by atoms with Gasteiger partial charge in [-0.15, -0.1) is 14.4 Å². The Morgan fingerprint density at radius 3 is 1.12 bits per heavy atom. The standard InChI is InChI=1S/C28H31FN6O6S.C28H29FN6O6S.C15H19FO4.C13H12N6O3S.CH4/c2*1-15-23-25(38)34(20-9-10-30-24(20)37)28(39)33(27(23)42-26(15)35-31-11-12-32-35)14-22(41-18-6-4-17(36)5-7-18)19-13-16(29)3-8-21(19)40-2;1-19-14-7-2-10(16)8-13(14)15(9-17)20-12-5-3-11(18)4-6-12;1-6-8-10(23-12(6)19-15-4-5-16-19)17-13(22)18(11(8)21)7-2-3-14-9(7)20;/h3,8,11-13,17-18,20,22,36H,4-7,9-10,14H2,1-2H3,(H,30,37);3,8,11-13,18,20,22H,4-7,9-10,14H2,1-2H3,(H,30,37);2,7-8,12,15,17H,3-6,9H2,1H3;4-5,7H,2-3H2,1H3,(H,14,20)(H,17,22);1H4/t17?,18?,20-,22+;20-,22+;15-;7-;/m1101./s1. The molecule has 3 saturated heterocycles. The number of aromatic amines is 1. The molecule has 3 aliphatic carbocycles. The summed E-state index contributed by atoms with van der Waals surface area (Å²) in [6, 6.07) is 9.61. The average molecular weight is 1830 g/mol. The molecule has 37 nitrogen and oxygen atoms in total. The number of H-pyrrole nitrogens is 1. The molecule has 3 saturated carbocycles. The quantitative estimate of drug-likeness (QED) is 0.0357. The predicted molar refractivity (Wildman–Crippen MR) is 463 cm³/mol. The molecule has 3 aromatic carbocycles. The minimum Gasteiger partial charge on any atom is -0.496 e. The zero-order valence-corrected chi connectivity index (χ0v) is 72.2. The molecule has 12 heterocycles. The molecule has 678 valence electrons. The molecule has 3 amide bonds. The molecule has 9 aromatic heterocycles. The van der Waals surface area contributed by atoms with E-state index >= 15 is 0 Å². The Morgan fingerprint density at radius 2 is 0.766 bits per heavy atom. The zero-order valence-electron chi connectivity index (χ0n) is 69.7. The number of Topliss-reactive ketones (excluding diaryl/α,β-unsaturated/α-hetero) is 2. The van der Waals surface area contributed by atoms with Crippen LogP contribution in [0.25, 0.3) is 45.7 Å². The number of ketones is 2. The second-order valence-electron chi connectivity index (χ2n) is 31.3. The number of hydrogen-bond acceptors (Lipinski definition) is 28. The van der Waals surface area contributed by atoms with E-state index in [1.54, 1.807) is 20.8 Å². The summed E-state index contributed by atoms with van der Waals surface area (Å²) in [5, 5.41) is 55.2. The van der Waals surface area contributed by atoms with Crippen LogP contribution in [0, 0.1) is 38.2 Å². The molecule has 6 atom stereocenters. The van der Waals surface area contributed by atoms with Gasteiger partial charge in [0.15, 0.2) is 0 Å². The van der Waals surface area contributed by atoms with E-state index in [4.69, 9.17) is 28.4 Å². The third-order valence-electron chi connectivity index (χ3n) is 23.4. The second-order valence-corrected chi connectivity index (χ2v) is 34.2. The summed E-state index contributed by atoms with van der Waals surface area (Å²) in [4.78, 5) is 150. The maximum Gasteiger partial charge on any atom is 0.332 e. The summed E-state index contributed by atoms with van der Waals surface area (Å²) in [6.45, 7) is 5.95. The number of benzene rings is 3. The van der Waals surface area contributed by atoms with Gasteiger partial charge in [-0.2, -0.15) is 30.6 Å². The smallest absolute Gasteiger partial charge is 0.332 e. The topological polar surface area (TPSA) is 452 Å². The van der Waals surface area contributed by atoms with Crippen LogP contribution >= 0.6 is 34.0 Å². The van der Waals surface area contributed by atoms with Crippen LogP contribution in [-0.2, 0) is 51.3 Å². The Hall–Kier alpha value is -12.3. The number of fused-ring (bicyclic) bond motifs is 3. The predicted octanol–water partition coefficient (Wildman–Crippen LogP) is 7.71. The monoisotopic (exact) mass is 1820 g/mol. The number of thiophene rings is 3. The summed E-state index contributed by atoms with van der Waals surface area (Å²) < 4.78 is 83.6. The van der Waals surface area contributed by atoms with Crippen LogP contribution in [0.3, 0.4) is 0 Å². The van der Waals surface area contributed by atoms with Gasteiger partial charge in [0.2, 0.25) is 17.7 Å². The van der Waals surface area contributed by atoms with Crippen molar-refractivity contribution >= 4 is 93.9 Å². The molecule has 0 unspecified atom stereocenters. The van der Waals surface area contributed by atoms with Crippen molar-refractivity contribution in [2.75, 3.05) is 47.6 Å². The average Bonchev–Trinajstić information content (AvgIpc) is 1.31. The number of ether oxygens (including phenoxy) is 6. The summed E-state index contributed by atoms with van der Waals surface area (Å²) >= 11 is 3.58. The van der Waals surface area contributed by atoms with E-state index in [-0.39, 0.29) is 86.5 Å². The van der Waals surface area contributed by atoms with Gasteiger partial charge in [0.1, 0.15) is 112 Å². The van der Waals surface area contributed by atoms with Gasteiger partial charge in [-0.3, -0.25) is 52.5 Å². The molecular formula is C85H95F3N18O19S3. The Bertz CT molecular complexity index is 6490. The second kappa shape index (κ2) is 40.0. The van der Waals surface area contributed by atoms with Crippen LogP contribution in [0.5, 0.6) is 17.2 Å². The third-order valence-corrected chi connectivity index (χ3v) is 27.1. The van der Waals surface area contributed by atoms with Gasteiger partial charge in [0, 0.05) is 78.7 Å². The van der Waals surface area contributed by atoms with Gasteiger partial charge < -0.3 is 54.6 Å². The van der Waals surface area contributed by atoms with Crippen LogP contribution in [0.15, 0.2) is 121 Å². The molecular weight excluding hydrogens is 1730 g/mol. The fourth-order valence-corrected chi connectivity index (χ4v) is 20.5. The normalized spacial score (nSPS) is 19.1. The number of amides is 3. The molecule has 6 N–H and O–H groups in total. The lowest BCUT2D eigenvalue weighted by Crippen LogP contribution is -2.44. The molecule has 128 heavy (non-hydrogen) atoms. The van der Waals surface area contributed by atoms with Gasteiger partial charge in [0.05, 0.1) is 119 Å². The van der Waals surface area contributed by atoms with Crippen molar-refractivity contribution in [3.63, 3.8) is 0 Å². The van der Waals surface area contributed by atoms with Crippen molar-refractivity contribution < 1.29 is 75.8 Å². The van der Waals surface area contributed by atoms with Crippen molar-refractivity contribution in [1.82, 2.24) is 88.8 Å². The number of aryl methyl sites for hydroxylation is 3. The van der Waals surface area contributed by atoms with Gasteiger partial charge in [-0.1, -0.05) is 41.4 Å². The number of carbonyl (C=O) groups excluding carboxylic acids is 5. The van der Waals surface area contributed by atoms with Gasteiger partial charge in [-0.05, 0) is 146 Å². The highest BCUT2D eigenvalue weighted by atomic mass is 32.1. The first-order chi connectivity index (χ1) is 61.2. The zero-order chi connectivity index (χ0) is 89.8. The van der Waals surface area contributed by atoms with Crippen LogP contribution in [-0.4, -0.2) is 184 Å². The summed E-state index contributed by atoms with van der Waals surface area (Å²) in [6.07, 6.45) is 13.0. The Morgan fingerprint density at radius 1 is 0.438 bits per heavy atom. The number of aromatic nitrogens is 15. The lowest BCUT2D eigenvalue weighted by molar-refractivity contribution is -0.125. The number of nitrogens with one attached hydrogen (secondary N) is 4. The minimum atomic E-state index is -0.973. The molecule has 43 heteroatoms. The number of aliphatic hydroxyl groups excluding tert-OH is 2. The van der Waals surface area contributed by atoms with Crippen molar-refractivity contribution in [2.45, 2.75) is 198 Å². The first kappa shape index (κ1) is 91.9. The van der Waals surface area contributed by atoms with Crippen molar-refractivity contribution in [2.24, 2.45) is 0 Å². The Balaban J connectivity index is 0.000000144. The van der Waals surface area contributed by atoms with E-state index in [1.807, 2.05) is 0 Å². The maximum absolute atomic E-state index is 14.6. The van der Waals surface area contributed by atoms with Crippen LogP contribution in [0.2, 0.25) is 0 Å². The highest BCUT2D eigenvalue weighted by molar-refractivity contribution is 7.22. The van der Waals surface area contributed by atoms with Crippen LogP contribution < -0.4 is 63.9 Å². The molecule has 3 aliphatic heterocycles. The van der Waals surface area contributed by atoms with E-state index in [9.17, 15) is 76.1 Å². The Kier molecular flexibility index (Phi) is 28.7. The number of carbonyl (C=O) groups is 5. The fraction of sp³-hybridized carbons (Fsp3) is 0.447. The SMILES string of the molecule is C.COc1ccc(F)cc1[C@H](CO)OC1CCC(=O)CC1.COc1ccc(F)cc1[C@H](Cn1c(=O)n([C@@H]2CCNC2=O)c(=O)c2c(C)c(-n3nccn3)sc21)OC1CCC(=O)CC1.COc1ccc(F)cc1[C@H](Cn1c(=O)n([C@@H]2CCNC2=O)c(=O)c2c(C)c(-n3nccn3)sc21)OC1CCC(O)CC1.Cc1c(-n2nccn2)sc2[nH]c(=O)n([C@@H]3CCNC3=O)c(=O)c12. The highest BCUT2D eigenvalue weighted by Gasteiger charge is 2.39. The first-order valence-corrected chi connectivity index (χ1v) is 43.8. The number of methoxy groups -OCH3 is 3. The maximum atomic E-state index is 14.6. The van der Waals surface area contributed by atoms with E-state index < -0.39 is 106 Å². The van der Waals surface area contributed by atoms with Crippen molar-refractivity contribution in [3.05, 3.63) is 205 Å². The van der Waals surface area contributed by atoms with Gasteiger partial charge >= 0.3 is 17.1 Å². The Labute approximate surface area is 737 Å². The van der Waals surface area contributed by atoms with Crippen molar-refractivity contribution in [3.8, 4) is 32.3 Å². The van der Waals surface area contributed by atoms with Gasteiger partial charge in [0.25, 0.3) is 16.7 Å². The number of rotatable bonds is 23. The largest absolute Gasteiger partial charge is 0.496 e. The van der Waals surface area contributed by atoms with Gasteiger partial charge in [-0.25, -0.2) is 41.3 Å². The van der Waals surface area contributed by atoms with E-state index in [1.165, 1.54) is 171 Å².